The van der Waals surface area contributed by atoms with Gasteiger partial charge in [0.25, 0.3) is 0 Å². The highest BCUT2D eigenvalue weighted by molar-refractivity contribution is 7.90. The number of pyridine rings is 1. The van der Waals surface area contributed by atoms with Gasteiger partial charge in [0, 0.05) is 20.2 Å². The second-order valence-corrected chi connectivity index (χ2v) is 6.46. The molecule has 0 spiro atoms. The fraction of sp³-hybridized carbons (Fsp3) is 0.154. The molecule has 0 bridgehead atoms. The number of nitrogens with one attached hydrogen (secondary N) is 2. The normalized spacial score (nSPS) is 11.5. The first kappa shape index (κ1) is 16.1. The number of halogens is 2. The molecule has 0 radical (unpaired) electrons. The Bertz CT molecular complexity index is 764. The van der Waals surface area contributed by atoms with Gasteiger partial charge < -0.3 is 5.32 Å². The summed E-state index contributed by atoms with van der Waals surface area (Å²) in [7, 11) is -0.829. The molecule has 1 heterocycles. The van der Waals surface area contributed by atoms with Crippen molar-refractivity contribution in [2.45, 2.75) is 0 Å². The van der Waals surface area contributed by atoms with Crippen molar-refractivity contribution >= 4 is 27.4 Å². The fourth-order valence-electron chi connectivity index (χ4n) is 1.50. The van der Waals surface area contributed by atoms with E-state index < -0.39 is 21.8 Å². The molecule has 0 aliphatic heterocycles. The van der Waals surface area contributed by atoms with Crippen LogP contribution in [-0.2, 0) is 10.2 Å². The van der Waals surface area contributed by atoms with Gasteiger partial charge in [0.2, 0.25) is 0 Å². The summed E-state index contributed by atoms with van der Waals surface area (Å²) < 4.78 is 52.9. The molecule has 0 saturated carbocycles. The molecule has 0 amide bonds. The second-order valence-electron chi connectivity index (χ2n) is 4.57. The molecule has 0 saturated heterocycles. The molecule has 0 unspecified atom stereocenters. The zero-order valence-electron chi connectivity index (χ0n) is 11.8. The summed E-state index contributed by atoms with van der Waals surface area (Å²) >= 11 is 0. The van der Waals surface area contributed by atoms with Crippen LogP contribution in [0.3, 0.4) is 0 Å². The minimum Gasteiger partial charge on any atom is -0.338 e. The molecule has 0 aliphatic carbocycles. The van der Waals surface area contributed by atoms with Crippen molar-refractivity contribution in [2.75, 3.05) is 24.1 Å². The summed E-state index contributed by atoms with van der Waals surface area (Å²) in [5.41, 5.74) is 0.328. The summed E-state index contributed by atoms with van der Waals surface area (Å²) in [6, 6.07) is 6.05. The average Bonchev–Trinajstić information content (AvgIpc) is 2.43. The van der Waals surface area contributed by atoms with Crippen LogP contribution >= 0.6 is 0 Å². The van der Waals surface area contributed by atoms with E-state index in [4.69, 9.17) is 0 Å². The van der Waals surface area contributed by atoms with E-state index in [2.05, 4.69) is 15.0 Å². The highest BCUT2D eigenvalue weighted by atomic mass is 32.2. The number of benzene rings is 1. The molecule has 0 fully saturated rings. The van der Waals surface area contributed by atoms with Crippen LogP contribution in [0, 0.1) is 11.6 Å². The first-order valence-electron chi connectivity index (χ1n) is 6.16. The van der Waals surface area contributed by atoms with Gasteiger partial charge in [0.1, 0.15) is 17.5 Å². The third kappa shape index (κ3) is 3.89. The van der Waals surface area contributed by atoms with Gasteiger partial charge in [-0.15, -0.1) is 0 Å². The predicted octanol–water partition coefficient (Wildman–Crippen LogP) is 2.32. The van der Waals surface area contributed by atoms with Crippen molar-refractivity contribution in [1.82, 2.24) is 9.29 Å². The maximum Gasteiger partial charge on any atom is 0.301 e. The summed E-state index contributed by atoms with van der Waals surface area (Å²) in [5.74, 6) is -1.14. The lowest BCUT2D eigenvalue weighted by molar-refractivity contribution is 0.527. The zero-order valence-corrected chi connectivity index (χ0v) is 12.7. The first-order chi connectivity index (χ1) is 10.3. The SMILES string of the molecule is CN(C)S(=O)(=O)Nc1ccc(Nc2ccc(F)cc2F)nc1. The summed E-state index contributed by atoms with van der Waals surface area (Å²) in [4.78, 5) is 3.96. The molecule has 2 rings (SSSR count). The van der Waals surface area contributed by atoms with Crippen LogP contribution in [-0.4, -0.2) is 31.8 Å². The van der Waals surface area contributed by atoms with Gasteiger partial charge in [0.15, 0.2) is 0 Å². The van der Waals surface area contributed by atoms with Gasteiger partial charge in [0.05, 0.1) is 17.6 Å². The summed E-state index contributed by atoms with van der Waals surface area (Å²) in [5, 5.41) is 2.67. The van der Waals surface area contributed by atoms with Gasteiger partial charge in [-0.25, -0.2) is 13.8 Å². The number of anilines is 3. The van der Waals surface area contributed by atoms with E-state index in [1.807, 2.05) is 0 Å². The van der Waals surface area contributed by atoms with Crippen molar-refractivity contribution in [1.29, 1.82) is 0 Å². The zero-order chi connectivity index (χ0) is 16.3. The first-order valence-corrected chi connectivity index (χ1v) is 7.60. The van der Waals surface area contributed by atoms with Crippen LogP contribution in [0.5, 0.6) is 0 Å². The van der Waals surface area contributed by atoms with E-state index >= 15 is 0 Å². The molecule has 6 nitrogen and oxygen atoms in total. The van der Waals surface area contributed by atoms with E-state index in [9.17, 15) is 17.2 Å². The second kappa shape index (κ2) is 6.24. The van der Waals surface area contributed by atoms with Crippen LogP contribution in [0.25, 0.3) is 0 Å². The molecule has 118 valence electrons. The molecular formula is C13H14F2N4O2S. The van der Waals surface area contributed by atoms with Gasteiger partial charge in [-0.05, 0) is 24.3 Å². The lowest BCUT2D eigenvalue weighted by atomic mass is 10.3. The number of nitrogens with zero attached hydrogens (tertiary/aromatic N) is 2. The Morgan fingerprint density at radius 3 is 2.41 bits per heavy atom. The largest absolute Gasteiger partial charge is 0.338 e. The van der Waals surface area contributed by atoms with Gasteiger partial charge in [-0.1, -0.05) is 0 Å². The van der Waals surface area contributed by atoms with E-state index in [1.54, 1.807) is 0 Å². The quantitative estimate of drug-likeness (QED) is 0.883. The molecule has 1 aromatic carbocycles. The standard InChI is InChI=1S/C13H14F2N4O2S/c1-19(2)22(20,21)18-10-4-6-13(16-8-10)17-12-5-3-9(14)7-11(12)15/h3-8,18H,1-2H3,(H,16,17). The Hall–Kier alpha value is -2.26. The Morgan fingerprint density at radius 2 is 1.86 bits per heavy atom. The van der Waals surface area contributed by atoms with Gasteiger partial charge >= 0.3 is 10.2 Å². The molecule has 2 N–H and O–H groups in total. The molecular weight excluding hydrogens is 314 g/mol. The summed E-state index contributed by atoms with van der Waals surface area (Å²) in [6.07, 6.45) is 1.28. The van der Waals surface area contributed by atoms with Gasteiger partial charge in [-0.2, -0.15) is 12.7 Å². The maximum atomic E-state index is 13.5. The van der Waals surface area contributed by atoms with Crippen LogP contribution in [0.15, 0.2) is 36.5 Å². The smallest absolute Gasteiger partial charge is 0.301 e. The van der Waals surface area contributed by atoms with Crippen LogP contribution in [0.4, 0.5) is 26.0 Å². The third-order valence-electron chi connectivity index (χ3n) is 2.68. The number of rotatable bonds is 5. The minimum atomic E-state index is -3.61. The van der Waals surface area contributed by atoms with Crippen molar-refractivity contribution in [3.8, 4) is 0 Å². The van der Waals surface area contributed by atoms with E-state index in [1.165, 1.54) is 38.5 Å². The number of hydrogen-bond donors (Lipinski definition) is 2. The molecule has 2 aromatic rings. The van der Waals surface area contributed by atoms with Crippen LogP contribution < -0.4 is 10.0 Å². The molecule has 9 heteroatoms. The van der Waals surface area contributed by atoms with E-state index in [-0.39, 0.29) is 11.4 Å². The molecule has 1 aromatic heterocycles. The fourth-order valence-corrected chi connectivity index (χ4v) is 2.10. The van der Waals surface area contributed by atoms with Crippen LogP contribution in [0.2, 0.25) is 0 Å². The average molecular weight is 328 g/mol. The predicted molar refractivity (Wildman–Crippen MR) is 80.1 cm³/mol. The maximum absolute atomic E-state index is 13.5. The lowest BCUT2D eigenvalue weighted by Gasteiger charge is -2.13. The van der Waals surface area contributed by atoms with E-state index in [0.717, 1.165) is 16.4 Å². The highest BCUT2D eigenvalue weighted by Gasteiger charge is 2.13. The Balaban J connectivity index is 2.12. The minimum absolute atomic E-state index is 0.0653. The van der Waals surface area contributed by atoms with Crippen molar-refractivity contribution in [3.63, 3.8) is 0 Å². The van der Waals surface area contributed by atoms with Gasteiger partial charge in [-0.3, -0.25) is 4.72 Å². The molecule has 22 heavy (non-hydrogen) atoms. The van der Waals surface area contributed by atoms with Crippen molar-refractivity contribution < 1.29 is 17.2 Å². The topological polar surface area (TPSA) is 74.3 Å². The van der Waals surface area contributed by atoms with Crippen molar-refractivity contribution in [3.05, 3.63) is 48.2 Å². The Labute approximate surface area is 127 Å². The van der Waals surface area contributed by atoms with Crippen molar-refractivity contribution in [2.24, 2.45) is 0 Å². The van der Waals surface area contributed by atoms with Crippen LogP contribution in [0.1, 0.15) is 0 Å². The lowest BCUT2D eigenvalue weighted by Crippen LogP contribution is -2.28. The van der Waals surface area contributed by atoms with E-state index in [0.29, 0.717) is 5.82 Å². The highest BCUT2D eigenvalue weighted by Crippen LogP contribution is 2.20. The summed E-state index contributed by atoms with van der Waals surface area (Å²) in [6.45, 7) is 0. The molecule has 0 aliphatic rings. The third-order valence-corrected chi connectivity index (χ3v) is 4.14. The monoisotopic (exact) mass is 328 g/mol. The Kier molecular flexibility index (Phi) is 4.57. The molecule has 0 atom stereocenters. The Morgan fingerprint density at radius 1 is 1.14 bits per heavy atom. The number of hydrogen-bond acceptors (Lipinski definition) is 4. The number of aromatic nitrogens is 1.